The molecule has 0 aliphatic carbocycles. The zero-order chi connectivity index (χ0) is 23.1. The molecule has 0 saturated carbocycles. The molecule has 0 radical (unpaired) electrons. The van der Waals surface area contributed by atoms with E-state index in [0.29, 0.717) is 31.0 Å². The lowest BCUT2D eigenvalue weighted by atomic mass is 9.86. The van der Waals surface area contributed by atoms with Crippen LogP contribution in [0.1, 0.15) is 43.1 Å². The van der Waals surface area contributed by atoms with Crippen molar-refractivity contribution >= 4 is 34.3 Å². The Hall–Kier alpha value is -2.83. The molecule has 2 unspecified atom stereocenters. The van der Waals surface area contributed by atoms with Gasteiger partial charge < -0.3 is 19.5 Å². The van der Waals surface area contributed by atoms with E-state index in [2.05, 4.69) is 11.1 Å². The van der Waals surface area contributed by atoms with Gasteiger partial charge in [-0.15, -0.1) is 0 Å². The van der Waals surface area contributed by atoms with E-state index < -0.39 is 6.04 Å². The van der Waals surface area contributed by atoms with Gasteiger partial charge in [0.25, 0.3) is 0 Å². The molecule has 1 N–H and O–H groups in total. The minimum Gasteiger partial charge on any atom is -0.379 e. The molecule has 2 aliphatic heterocycles. The highest BCUT2D eigenvalue weighted by atomic mass is 35.5. The number of para-hydroxylation sites is 1. The number of hydrogen-bond donors (Lipinski definition) is 1. The molecule has 1 fully saturated rings. The predicted octanol–water partition coefficient (Wildman–Crippen LogP) is 4.32. The number of halogens is 1. The first-order valence-corrected chi connectivity index (χ1v) is 11.9. The van der Waals surface area contributed by atoms with E-state index in [0.717, 1.165) is 27.7 Å². The largest absolute Gasteiger partial charge is 0.379 e. The van der Waals surface area contributed by atoms with Gasteiger partial charge in [-0.05, 0) is 49.6 Å². The third-order valence-corrected chi connectivity index (χ3v) is 6.77. The normalized spacial score (nSPS) is 20.5. The number of amides is 2. The lowest BCUT2D eigenvalue weighted by molar-refractivity contribution is -0.158. The van der Waals surface area contributed by atoms with E-state index >= 15 is 0 Å². The van der Waals surface area contributed by atoms with Crippen LogP contribution in [0.5, 0.6) is 0 Å². The number of H-pyrrole nitrogens is 1. The first kappa shape index (κ1) is 22.0. The third-order valence-electron chi connectivity index (χ3n) is 6.53. The SMILES string of the molecule is CC(C)OCCCN1CC(=O)N2C(Cc3c([nH]c4ccccc34)C2c2cccc(Cl)c2)C1=O. The maximum Gasteiger partial charge on any atom is 0.246 e. The molecule has 2 aromatic carbocycles. The first-order valence-electron chi connectivity index (χ1n) is 11.5. The number of nitrogens with zero attached hydrogens (tertiary/aromatic N) is 2. The average Bonchev–Trinajstić information content (AvgIpc) is 3.16. The summed E-state index contributed by atoms with van der Waals surface area (Å²) in [4.78, 5) is 34.1. The summed E-state index contributed by atoms with van der Waals surface area (Å²) in [5, 5.41) is 1.71. The number of hydrogen-bond acceptors (Lipinski definition) is 3. The number of aromatic nitrogens is 1. The molecule has 5 rings (SSSR count). The van der Waals surface area contributed by atoms with Gasteiger partial charge in [0, 0.05) is 41.2 Å². The number of carbonyl (C=O) groups excluding carboxylic acids is 2. The van der Waals surface area contributed by atoms with Crippen LogP contribution in [0, 0.1) is 0 Å². The van der Waals surface area contributed by atoms with Gasteiger partial charge in [0.2, 0.25) is 11.8 Å². The van der Waals surface area contributed by atoms with Crippen LogP contribution in [0.15, 0.2) is 48.5 Å². The average molecular weight is 466 g/mol. The molecule has 3 aromatic rings. The summed E-state index contributed by atoms with van der Waals surface area (Å²) in [7, 11) is 0. The van der Waals surface area contributed by atoms with Crippen LogP contribution in [0.25, 0.3) is 10.9 Å². The predicted molar refractivity (Wildman–Crippen MR) is 128 cm³/mol. The minimum absolute atomic E-state index is 0.00195. The second-order valence-electron chi connectivity index (χ2n) is 9.07. The Balaban J connectivity index is 1.53. The van der Waals surface area contributed by atoms with Crippen molar-refractivity contribution in [3.63, 3.8) is 0 Å². The van der Waals surface area contributed by atoms with Crippen molar-refractivity contribution in [3.8, 4) is 0 Å². The van der Waals surface area contributed by atoms with Crippen molar-refractivity contribution in [1.29, 1.82) is 0 Å². The molecular weight excluding hydrogens is 438 g/mol. The lowest BCUT2D eigenvalue weighted by Gasteiger charge is -2.47. The first-order chi connectivity index (χ1) is 15.9. The fourth-order valence-corrected chi connectivity index (χ4v) is 5.31. The highest BCUT2D eigenvalue weighted by molar-refractivity contribution is 6.30. The summed E-state index contributed by atoms with van der Waals surface area (Å²) in [6.45, 7) is 5.16. The molecule has 0 bridgehead atoms. The molecule has 3 heterocycles. The Morgan fingerprint density at radius 2 is 1.97 bits per heavy atom. The van der Waals surface area contributed by atoms with Crippen LogP contribution in [0.3, 0.4) is 0 Å². The van der Waals surface area contributed by atoms with Crippen molar-refractivity contribution in [2.24, 2.45) is 0 Å². The quantitative estimate of drug-likeness (QED) is 0.551. The lowest BCUT2D eigenvalue weighted by Crippen LogP contribution is -2.63. The van der Waals surface area contributed by atoms with E-state index in [-0.39, 0.29) is 30.5 Å². The van der Waals surface area contributed by atoms with Crippen LogP contribution in [-0.2, 0) is 20.7 Å². The van der Waals surface area contributed by atoms with Gasteiger partial charge in [0.05, 0.1) is 18.7 Å². The summed E-state index contributed by atoms with van der Waals surface area (Å²) in [6, 6.07) is 14.8. The smallest absolute Gasteiger partial charge is 0.246 e. The second kappa shape index (κ2) is 8.84. The summed E-state index contributed by atoms with van der Waals surface area (Å²) in [5.74, 6) is -0.0410. The number of fused-ring (bicyclic) bond motifs is 4. The van der Waals surface area contributed by atoms with Crippen molar-refractivity contribution < 1.29 is 14.3 Å². The number of ether oxygens (including phenoxy) is 1. The van der Waals surface area contributed by atoms with Crippen LogP contribution < -0.4 is 0 Å². The molecule has 2 amide bonds. The third kappa shape index (κ3) is 4.02. The summed E-state index contributed by atoms with van der Waals surface area (Å²) in [5.41, 5.74) is 3.98. The van der Waals surface area contributed by atoms with Gasteiger partial charge >= 0.3 is 0 Å². The van der Waals surface area contributed by atoms with Gasteiger partial charge in [0.15, 0.2) is 0 Å². The maximum atomic E-state index is 13.6. The highest BCUT2D eigenvalue weighted by Crippen LogP contribution is 2.42. The van der Waals surface area contributed by atoms with Crippen LogP contribution >= 0.6 is 11.6 Å². The molecule has 6 nitrogen and oxygen atoms in total. The minimum atomic E-state index is -0.534. The topological polar surface area (TPSA) is 65.6 Å². The van der Waals surface area contributed by atoms with E-state index in [1.807, 2.05) is 56.3 Å². The molecule has 2 atom stereocenters. The van der Waals surface area contributed by atoms with Gasteiger partial charge in [-0.3, -0.25) is 9.59 Å². The standard InChI is InChI=1S/C26H28ClN3O3/c1-16(2)33-12-6-11-29-15-23(31)30-22(26(29)32)14-20-19-9-3-4-10-21(19)28-24(20)25(30)17-7-5-8-18(27)13-17/h3-5,7-10,13,16,22,25,28H,6,11-12,14-15H2,1-2H3. The molecular formula is C26H28ClN3O3. The number of aromatic amines is 1. The Morgan fingerprint density at radius 3 is 2.76 bits per heavy atom. The van der Waals surface area contributed by atoms with E-state index in [1.165, 1.54) is 0 Å². The Bertz CT molecular complexity index is 1200. The highest BCUT2D eigenvalue weighted by Gasteiger charge is 2.48. The van der Waals surface area contributed by atoms with Crippen molar-refractivity contribution in [2.75, 3.05) is 19.7 Å². The molecule has 172 valence electrons. The van der Waals surface area contributed by atoms with Crippen molar-refractivity contribution in [3.05, 3.63) is 70.4 Å². The summed E-state index contributed by atoms with van der Waals surface area (Å²) < 4.78 is 5.62. The number of nitrogens with one attached hydrogen (secondary N) is 1. The zero-order valence-corrected chi connectivity index (χ0v) is 19.6. The molecule has 0 spiro atoms. The van der Waals surface area contributed by atoms with Gasteiger partial charge in [0.1, 0.15) is 6.04 Å². The van der Waals surface area contributed by atoms with Crippen molar-refractivity contribution in [1.82, 2.24) is 14.8 Å². The Morgan fingerprint density at radius 1 is 1.15 bits per heavy atom. The second-order valence-corrected chi connectivity index (χ2v) is 9.51. The fourth-order valence-electron chi connectivity index (χ4n) is 5.11. The van der Waals surface area contributed by atoms with Gasteiger partial charge in [-0.2, -0.15) is 0 Å². The molecule has 2 aliphatic rings. The molecule has 33 heavy (non-hydrogen) atoms. The number of rotatable bonds is 6. The number of benzene rings is 2. The molecule has 7 heteroatoms. The summed E-state index contributed by atoms with van der Waals surface area (Å²) >= 11 is 6.33. The van der Waals surface area contributed by atoms with E-state index in [4.69, 9.17) is 16.3 Å². The van der Waals surface area contributed by atoms with Gasteiger partial charge in [-0.1, -0.05) is 41.9 Å². The van der Waals surface area contributed by atoms with Crippen LogP contribution in [0.2, 0.25) is 5.02 Å². The molecule has 1 saturated heterocycles. The Kier molecular flexibility index (Phi) is 5.89. The van der Waals surface area contributed by atoms with E-state index in [9.17, 15) is 9.59 Å². The van der Waals surface area contributed by atoms with Gasteiger partial charge in [-0.25, -0.2) is 0 Å². The van der Waals surface area contributed by atoms with E-state index in [1.54, 1.807) is 9.80 Å². The van der Waals surface area contributed by atoms with Crippen LogP contribution in [-0.4, -0.2) is 58.4 Å². The Labute approximate surface area is 198 Å². The van der Waals surface area contributed by atoms with Crippen LogP contribution in [0.4, 0.5) is 0 Å². The van der Waals surface area contributed by atoms with Crippen molar-refractivity contribution in [2.45, 2.75) is 44.9 Å². The number of carbonyl (C=O) groups is 2. The zero-order valence-electron chi connectivity index (χ0n) is 18.9. The fraction of sp³-hybridized carbons (Fsp3) is 0.385. The maximum absolute atomic E-state index is 13.6. The number of piperazine rings is 1. The monoisotopic (exact) mass is 465 g/mol. The summed E-state index contributed by atoms with van der Waals surface area (Å²) in [6.07, 6.45) is 1.36. The molecule has 1 aromatic heterocycles.